The van der Waals surface area contributed by atoms with Crippen LogP contribution in [0.4, 0.5) is 0 Å². The van der Waals surface area contributed by atoms with Gasteiger partial charge in [-0.3, -0.25) is 4.79 Å². The number of Topliss-reactive ketones (excluding diaryl/α,β-unsaturated/α-hetero) is 1. The van der Waals surface area contributed by atoms with E-state index in [0.29, 0.717) is 6.54 Å². The van der Waals surface area contributed by atoms with Crippen molar-refractivity contribution in [2.45, 2.75) is 13.5 Å². The predicted molar refractivity (Wildman–Crippen MR) is 66.5 cm³/mol. The van der Waals surface area contributed by atoms with Crippen molar-refractivity contribution in [1.29, 1.82) is 0 Å². The van der Waals surface area contributed by atoms with Crippen LogP contribution in [0.3, 0.4) is 0 Å². The van der Waals surface area contributed by atoms with Gasteiger partial charge in [-0.2, -0.15) is 0 Å². The first-order valence-electron chi connectivity index (χ1n) is 5.48. The van der Waals surface area contributed by atoms with Gasteiger partial charge in [0.25, 0.3) is 0 Å². The molecule has 0 aliphatic rings. The third-order valence-corrected chi connectivity index (χ3v) is 2.62. The molecule has 94 valence electrons. The first-order chi connectivity index (χ1) is 8.19. The monoisotopic (exact) mass is 306 g/mol. The molecule has 0 spiro atoms. The predicted octanol–water partition coefficient (Wildman–Crippen LogP) is -0.929. The fourth-order valence-corrected chi connectivity index (χ4v) is 1.61. The highest BCUT2D eigenvalue weighted by Gasteiger charge is 2.10. The molecular formula is C14H15BrN2O. The molecule has 0 aliphatic carbocycles. The van der Waals surface area contributed by atoms with Crippen LogP contribution in [0.25, 0.3) is 6.20 Å². The van der Waals surface area contributed by atoms with Crippen molar-refractivity contribution in [1.82, 2.24) is 4.57 Å². The van der Waals surface area contributed by atoms with Gasteiger partial charge in [-0.05, 0) is 6.92 Å². The topological polar surface area (TPSA) is 25.9 Å². The van der Waals surface area contributed by atoms with Crippen molar-refractivity contribution in [3.05, 3.63) is 60.7 Å². The summed E-state index contributed by atoms with van der Waals surface area (Å²) in [6.07, 6.45) is 7.23. The molecule has 0 aliphatic heterocycles. The van der Waals surface area contributed by atoms with Gasteiger partial charge in [-0.15, -0.1) is 0 Å². The quantitative estimate of drug-likeness (QED) is 0.529. The number of carbonyl (C=O) groups is 1. The van der Waals surface area contributed by atoms with Gasteiger partial charge in [0.2, 0.25) is 12.1 Å². The van der Waals surface area contributed by atoms with Crippen molar-refractivity contribution in [2.24, 2.45) is 0 Å². The van der Waals surface area contributed by atoms with Crippen molar-refractivity contribution in [3.8, 4) is 0 Å². The fraction of sp³-hybridized carbons (Fsp3) is 0.143. The minimum Gasteiger partial charge on any atom is -1.00 e. The largest absolute Gasteiger partial charge is 1.00 e. The van der Waals surface area contributed by atoms with Gasteiger partial charge in [0.05, 0.1) is 6.20 Å². The summed E-state index contributed by atoms with van der Waals surface area (Å²) >= 11 is 0. The van der Waals surface area contributed by atoms with Crippen LogP contribution in [0.2, 0.25) is 0 Å². The molecule has 0 radical (unpaired) electrons. The molecule has 18 heavy (non-hydrogen) atoms. The lowest BCUT2D eigenvalue weighted by molar-refractivity contribution is -0.682. The Hall–Kier alpha value is -1.68. The van der Waals surface area contributed by atoms with E-state index in [2.05, 4.69) is 6.58 Å². The van der Waals surface area contributed by atoms with Gasteiger partial charge in [0.15, 0.2) is 6.54 Å². The van der Waals surface area contributed by atoms with Crippen LogP contribution in [-0.4, -0.2) is 10.4 Å². The lowest BCUT2D eigenvalue weighted by atomic mass is 10.1. The average Bonchev–Trinajstić information content (AvgIpc) is 2.77. The van der Waals surface area contributed by atoms with Crippen LogP contribution in [0, 0.1) is 6.92 Å². The molecular weight excluding hydrogens is 292 g/mol. The molecule has 1 aromatic carbocycles. The van der Waals surface area contributed by atoms with Crippen LogP contribution in [0.1, 0.15) is 15.9 Å². The van der Waals surface area contributed by atoms with Gasteiger partial charge in [0, 0.05) is 5.56 Å². The van der Waals surface area contributed by atoms with Crippen molar-refractivity contribution < 1.29 is 26.3 Å². The molecule has 4 heteroatoms. The van der Waals surface area contributed by atoms with Gasteiger partial charge in [0.1, 0.15) is 12.4 Å². The summed E-state index contributed by atoms with van der Waals surface area (Å²) in [6, 6.07) is 7.63. The third-order valence-electron chi connectivity index (χ3n) is 2.62. The molecule has 0 saturated carbocycles. The Morgan fingerprint density at radius 2 is 2.06 bits per heavy atom. The molecule has 0 N–H and O–H groups in total. The summed E-state index contributed by atoms with van der Waals surface area (Å²) in [6.45, 7) is 6.01. The summed E-state index contributed by atoms with van der Waals surface area (Å²) < 4.78 is 3.65. The number of imidazole rings is 1. The van der Waals surface area contributed by atoms with E-state index >= 15 is 0 Å². The summed E-state index contributed by atoms with van der Waals surface area (Å²) in [4.78, 5) is 12.0. The van der Waals surface area contributed by atoms with E-state index in [1.54, 1.807) is 6.20 Å². The third kappa shape index (κ3) is 3.40. The number of carbonyl (C=O) groups excluding carboxylic acids is 1. The number of halogens is 1. The molecule has 0 unspecified atom stereocenters. The number of ketones is 1. The molecule has 1 heterocycles. The zero-order chi connectivity index (χ0) is 12.3. The van der Waals surface area contributed by atoms with Crippen LogP contribution >= 0.6 is 0 Å². The zero-order valence-electron chi connectivity index (χ0n) is 10.2. The molecule has 0 bridgehead atoms. The summed E-state index contributed by atoms with van der Waals surface area (Å²) in [5.41, 5.74) is 1.90. The first kappa shape index (κ1) is 14.4. The van der Waals surface area contributed by atoms with Crippen LogP contribution < -0.4 is 21.5 Å². The van der Waals surface area contributed by atoms with Gasteiger partial charge >= 0.3 is 0 Å². The highest BCUT2D eigenvalue weighted by molar-refractivity contribution is 5.95. The molecule has 0 atom stereocenters. The lowest BCUT2D eigenvalue weighted by Gasteiger charge is -1.99. The number of aromatic nitrogens is 2. The maximum atomic E-state index is 12.0. The van der Waals surface area contributed by atoms with Crippen molar-refractivity contribution in [3.63, 3.8) is 0 Å². The smallest absolute Gasteiger partial charge is 0.248 e. The Balaban J connectivity index is 0.00000162. The van der Waals surface area contributed by atoms with Gasteiger partial charge in [-0.1, -0.05) is 36.4 Å². The van der Waals surface area contributed by atoms with E-state index in [-0.39, 0.29) is 22.8 Å². The first-order valence-corrected chi connectivity index (χ1v) is 5.48. The summed E-state index contributed by atoms with van der Waals surface area (Å²) in [5.74, 6) is 0.108. The second-order valence-electron chi connectivity index (χ2n) is 4.00. The Morgan fingerprint density at radius 3 is 2.61 bits per heavy atom. The average molecular weight is 307 g/mol. The minimum atomic E-state index is 0. The highest BCUT2D eigenvalue weighted by atomic mass is 79.9. The number of hydrogen-bond donors (Lipinski definition) is 0. The number of hydrogen-bond acceptors (Lipinski definition) is 1. The molecule has 2 rings (SSSR count). The standard InChI is InChI=1S/C14H15N2O.BrH/c1-3-15-8-9-16(11-15)10-14(17)13-6-4-12(2)5-7-13;/h3-9,11H,1,10H2,2H3;1H/q+1;/p-1. The maximum Gasteiger partial charge on any atom is 0.248 e. The second kappa shape index (κ2) is 6.31. The zero-order valence-corrected chi connectivity index (χ0v) is 11.8. The highest BCUT2D eigenvalue weighted by Crippen LogP contribution is 2.04. The van der Waals surface area contributed by atoms with E-state index in [0.717, 1.165) is 11.1 Å². The Morgan fingerprint density at radius 1 is 1.39 bits per heavy atom. The SMILES string of the molecule is C=Cn1cc[n+](CC(=O)c2ccc(C)cc2)c1.[Br-]. The molecule has 3 nitrogen and oxygen atoms in total. The number of rotatable bonds is 4. The minimum absolute atomic E-state index is 0. The van der Waals surface area contributed by atoms with E-state index in [4.69, 9.17) is 0 Å². The number of aryl methyl sites for hydroxylation is 1. The molecule has 0 amide bonds. The van der Waals surface area contributed by atoms with Crippen LogP contribution in [0.15, 0.2) is 49.6 Å². The second-order valence-corrected chi connectivity index (χ2v) is 4.00. The van der Waals surface area contributed by atoms with Crippen LogP contribution in [0.5, 0.6) is 0 Å². The van der Waals surface area contributed by atoms with Crippen LogP contribution in [-0.2, 0) is 6.54 Å². The normalized spacial score (nSPS) is 9.61. The molecule has 2 aromatic rings. The van der Waals surface area contributed by atoms with Gasteiger partial charge in [-0.25, -0.2) is 9.13 Å². The Labute approximate surface area is 117 Å². The summed E-state index contributed by atoms with van der Waals surface area (Å²) in [5, 5.41) is 0. The summed E-state index contributed by atoms with van der Waals surface area (Å²) in [7, 11) is 0. The van der Waals surface area contributed by atoms with Crippen molar-refractivity contribution in [2.75, 3.05) is 0 Å². The van der Waals surface area contributed by atoms with E-state index in [1.807, 2.05) is 59.0 Å². The number of nitrogens with zero attached hydrogens (tertiary/aromatic N) is 2. The Bertz CT molecular complexity index is 543. The van der Waals surface area contributed by atoms with Crippen molar-refractivity contribution >= 4 is 12.0 Å². The fourth-order valence-electron chi connectivity index (χ4n) is 1.61. The maximum absolute atomic E-state index is 12.0. The van der Waals surface area contributed by atoms with E-state index < -0.39 is 0 Å². The molecule has 1 aromatic heterocycles. The van der Waals surface area contributed by atoms with E-state index in [9.17, 15) is 4.79 Å². The molecule has 0 saturated heterocycles. The number of benzene rings is 1. The van der Waals surface area contributed by atoms with Gasteiger partial charge < -0.3 is 17.0 Å². The molecule has 0 fully saturated rings. The lowest BCUT2D eigenvalue weighted by Crippen LogP contribution is -3.00. The van der Waals surface area contributed by atoms with E-state index in [1.165, 1.54) is 0 Å². The Kier molecular flexibility index (Phi) is 5.04.